The molecule has 0 amide bonds. The third-order valence-electron chi connectivity index (χ3n) is 9.09. The molecule has 0 aromatic carbocycles. The fourth-order valence-electron chi connectivity index (χ4n) is 6.19. The van der Waals surface area contributed by atoms with Crippen LogP contribution in [-0.2, 0) is 0 Å². The minimum atomic E-state index is -0.884. The molecule has 180 valence electrons. The number of rotatable bonds is 5. The molecule has 7 atom stereocenters. The van der Waals surface area contributed by atoms with Crippen molar-refractivity contribution in [2.24, 2.45) is 23.2 Å². The van der Waals surface area contributed by atoms with Crippen molar-refractivity contribution in [3.63, 3.8) is 0 Å². The average Bonchev–Trinajstić information content (AvgIpc) is 3.00. The molecule has 0 bridgehead atoms. The normalized spacial score (nSPS) is 41.4. The van der Waals surface area contributed by atoms with Crippen molar-refractivity contribution < 1.29 is 20.4 Å². The van der Waals surface area contributed by atoms with Crippen LogP contribution in [0.1, 0.15) is 79.6 Å². The molecule has 0 aliphatic heterocycles. The monoisotopic (exact) mass is 444 g/mol. The first-order chi connectivity index (χ1) is 14.8. The van der Waals surface area contributed by atoms with Gasteiger partial charge in [0.1, 0.15) is 0 Å². The zero-order valence-electron chi connectivity index (χ0n) is 20.6. The van der Waals surface area contributed by atoms with Crippen LogP contribution in [-0.4, -0.2) is 43.8 Å². The molecule has 3 saturated carbocycles. The van der Waals surface area contributed by atoms with Gasteiger partial charge >= 0.3 is 0 Å². The van der Waals surface area contributed by atoms with Gasteiger partial charge in [0.15, 0.2) is 0 Å². The van der Waals surface area contributed by atoms with E-state index in [-0.39, 0.29) is 17.3 Å². The zero-order valence-corrected chi connectivity index (χ0v) is 20.6. The molecule has 4 N–H and O–H groups in total. The van der Waals surface area contributed by atoms with Gasteiger partial charge in [-0.1, -0.05) is 64.2 Å². The molecule has 0 radical (unpaired) electrons. The van der Waals surface area contributed by atoms with Crippen LogP contribution in [0.4, 0.5) is 0 Å². The lowest BCUT2D eigenvalue weighted by Gasteiger charge is -2.49. The molecular formula is C28H44O4. The molecule has 1 unspecified atom stereocenters. The van der Waals surface area contributed by atoms with Gasteiger partial charge in [0.25, 0.3) is 0 Å². The Balaban J connectivity index is 1.84. The van der Waals surface area contributed by atoms with Gasteiger partial charge in [0, 0.05) is 17.8 Å². The van der Waals surface area contributed by atoms with Crippen LogP contribution >= 0.6 is 0 Å². The molecule has 0 aromatic heterocycles. The van der Waals surface area contributed by atoms with E-state index in [0.29, 0.717) is 24.3 Å². The smallest absolute Gasteiger partial charge is 0.0822 e. The van der Waals surface area contributed by atoms with Crippen molar-refractivity contribution in [1.29, 1.82) is 0 Å². The van der Waals surface area contributed by atoms with Gasteiger partial charge < -0.3 is 20.4 Å². The molecule has 3 fully saturated rings. The summed E-state index contributed by atoms with van der Waals surface area (Å²) < 4.78 is 0. The summed E-state index contributed by atoms with van der Waals surface area (Å²) in [5.41, 5.74) is 1.08. The van der Waals surface area contributed by atoms with E-state index < -0.39 is 23.4 Å². The maximum atomic E-state index is 11.9. The molecule has 4 heteroatoms. The SMILES string of the molecule is C=C1C(=CC=C2CCC[C@@]3(C)C2CC[C@@]3(O)[C@H](C)C=C[C@@](C)(O)C(C)C)C[C@@H](O)C[C@H]1O. The number of fused-ring (bicyclic) bond motifs is 1. The van der Waals surface area contributed by atoms with Gasteiger partial charge in [-0.2, -0.15) is 0 Å². The van der Waals surface area contributed by atoms with E-state index in [1.54, 1.807) is 0 Å². The minimum Gasteiger partial charge on any atom is -0.393 e. The topological polar surface area (TPSA) is 80.9 Å². The second kappa shape index (κ2) is 9.21. The fraction of sp³-hybridized carbons (Fsp3) is 0.714. The highest BCUT2D eigenvalue weighted by molar-refractivity contribution is 5.39. The van der Waals surface area contributed by atoms with Crippen LogP contribution in [0, 0.1) is 23.2 Å². The predicted molar refractivity (Wildman–Crippen MR) is 130 cm³/mol. The standard InChI is InChI=1S/C28H44O4/c1-18(2)27(6,31)14-11-19(3)28(32)15-12-24-21(8-7-13-26(24,28)5)9-10-22-16-23(29)17-25(30)20(22)4/h9-11,14,18-19,23-25,29-32H,4,7-8,12-13,15-17H2,1-3,5-6H3/t19-,23-,24?,25-,26+,27-,28-/m1/s1. The molecule has 32 heavy (non-hydrogen) atoms. The highest BCUT2D eigenvalue weighted by atomic mass is 16.3. The zero-order chi connectivity index (χ0) is 23.9. The summed E-state index contributed by atoms with van der Waals surface area (Å²) in [7, 11) is 0. The molecule has 3 rings (SSSR count). The van der Waals surface area contributed by atoms with Crippen LogP contribution in [0.15, 0.2) is 47.6 Å². The van der Waals surface area contributed by atoms with Gasteiger partial charge in [0.2, 0.25) is 0 Å². The van der Waals surface area contributed by atoms with Gasteiger partial charge in [-0.05, 0) is 68.4 Å². The third kappa shape index (κ3) is 4.57. The summed E-state index contributed by atoms with van der Waals surface area (Å²) in [5.74, 6) is 0.367. The quantitative estimate of drug-likeness (QED) is 0.457. The number of aliphatic hydroxyl groups excluding tert-OH is 2. The lowest BCUT2D eigenvalue weighted by molar-refractivity contribution is -0.100. The van der Waals surface area contributed by atoms with Crippen LogP contribution in [0.5, 0.6) is 0 Å². The molecule has 3 aliphatic carbocycles. The fourth-order valence-corrected chi connectivity index (χ4v) is 6.19. The number of aliphatic hydroxyl groups is 4. The van der Waals surface area contributed by atoms with Gasteiger partial charge in [-0.3, -0.25) is 0 Å². The van der Waals surface area contributed by atoms with Crippen molar-refractivity contribution >= 4 is 0 Å². The van der Waals surface area contributed by atoms with E-state index in [4.69, 9.17) is 0 Å². The molecule has 0 heterocycles. The predicted octanol–water partition coefficient (Wildman–Crippen LogP) is 4.84. The first-order valence-electron chi connectivity index (χ1n) is 12.4. The second-order valence-corrected chi connectivity index (χ2v) is 11.4. The van der Waals surface area contributed by atoms with Crippen LogP contribution in [0.3, 0.4) is 0 Å². The Morgan fingerprint density at radius 2 is 1.84 bits per heavy atom. The lowest BCUT2D eigenvalue weighted by Crippen LogP contribution is -2.50. The molecule has 0 spiro atoms. The van der Waals surface area contributed by atoms with Crippen molar-refractivity contribution in [3.05, 3.63) is 47.6 Å². The summed E-state index contributed by atoms with van der Waals surface area (Å²) in [5, 5.41) is 42.8. The molecule has 4 nitrogen and oxygen atoms in total. The highest BCUT2D eigenvalue weighted by Gasteiger charge is 2.59. The Morgan fingerprint density at radius 3 is 2.50 bits per heavy atom. The largest absolute Gasteiger partial charge is 0.393 e. The van der Waals surface area contributed by atoms with E-state index >= 15 is 0 Å². The Kier molecular flexibility index (Phi) is 7.32. The lowest BCUT2D eigenvalue weighted by atomic mass is 9.58. The second-order valence-electron chi connectivity index (χ2n) is 11.4. The number of hydrogen-bond donors (Lipinski definition) is 4. The van der Waals surface area contributed by atoms with E-state index in [0.717, 1.165) is 37.7 Å². The van der Waals surface area contributed by atoms with Crippen molar-refractivity contribution in [2.75, 3.05) is 0 Å². The third-order valence-corrected chi connectivity index (χ3v) is 9.09. The number of hydrogen-bond acceptors (Lipinski definition) is 4. The summed E-state index contributed by atoms with van der Waals surface area (Å²) in [4.78, 5) is 0. The first kappa shape index (κ1) is 25.4. The Morgan fingerprint density at radius 1 is 1.16 bits per heavy atom. The van der Waals surface area contributed by atoms with Gasteiger partial charge in [-0.25, -0.2) is 0 Å². The van der Waals surface area contributed by atoms with E-state index in [9.17, 15) is 20.4 Å². The van der Waals surface area contributed by atoms with Crippen molar-refractivity contribution in [2.45, 2.75) is 103 Å². The molecule has 0 aromatic rings. The van der Waals surface area contributed by atoms with Crippen LogP contribution < -0.4 is 0 Å². The summed E-state index contributed by atoms with van der Waals surface area (Å²) in [6.07, 6.45) is 12.5. The van der Waals surface area contributed by atoms with E-state index in [1.165, 1.54) is 5.57 Å². The maximum Gasteiger partial charge on any atom is 0.0822 e. The van der Waals surface area contributed by atoms with Crippen molar-refractivity contribution in [3.8, 4) is 0 Å². The van der Waals surface area contributed by atoms with E-state index in [2.05, 4.69) is 26.5 Å². The highest BCUT2D eigenvalue weighted by Crippen LogP contribution is 2.61. The van der Waals surface area contributed by atoms with Crippen LogP contribution in [0.25, 0.3) is 0 Å². The molecular weight excluding hydrogens is 400 g/mol. The summed E-state index contributed by atoms with van der Waals surface area (Å²) >= 11 is 0. The Labute approximate surface area is 194 Å². The summed E-state index contributed by atoms with van der Waals surface area (Å²) in [6.45, 7) is 14.2. The Hall–Kier alpha value is -1.20. The summed E-state index contributed by atoms with van der Waals surface area (Å²) in [6, 6.07) is 0. The van der Waals surface area contributed by atoms with Gasteiger partial charge in [-0.15, -0.1) is 0 Å². The van der Waals surface area contributed by atoms with Crippen molar-refractivity contribution in [1.82, 2.24) is 0 Å². The molecule has 0 saturated heterocycles. The maximum absolute atomic E-state index is 11.9. The Bertz CT molecular complexity index is 804. The molecule has 3 aliphatic rings. The first-order valence-corrected chi connectivity index (χ1v) is 12.4. The van der Waals surface area contributed by atoms with Gasteiger partial charge in [0.05, 0.1) is 23.4 Å². The average molecular weight is 445 g/mol. The van der Waals surface area contributed by atoms with E-state index in [1.807, 2.05) is 39.0 Å². The number of allylic oxidation sites excluding steroid dienone is 3. The van der Waals surface area contributed by atoms with Crippen LogP contribution in [0.2, 0.25) is 0 Å². The minimum absolute atomic E-state index is 0.0520.